The molecule has 0 spiro atoms. The zero-order valence-corrected chi connectivity index (χ0v) is 16.1. The van der Waals surface area contributed by atoms with Gasteiger partial charge in [-0.3, -0.25) is 0 Å². The van der Waals surface area contributed by atoms with Crippen molar-refractivity contribution in [2.24, 2.45) is 0 Å². The number of ether oxygens (including phenoxy) is 1. The minimum absolute atomic E-state index is 0. The number of aromatic nitrogens is 2. The zero-order chi connectivity index (χ0) is 17.9. The molecule has 0 amide bonds. The van der Waals surface area contributed by atoms with Gasteiger partial charge in [0.1, 0.15) is 21.9 Å². The first-order valence-corrected chi connectivity index (χ1v) is 8.93. The summed E-state index contributed by atoms with van der Waals surface area (Å²) in [6, 6.07) is 18.2. The maximum atomic E-state index is 14.5. The number of hydrogen-bond donors (Lipinski definition) is 0. The van der Waals surface area contributed by atoms with Gasteiger partial charge in [-0.1, -0.05) is 35.6 Å². The molecule has 0 unspecified atom stereocenters. The molecule has 27 heavy (non-hydrogen) atoms. The normalized spacial score (nSPS) is 10.4. The second-order valence-electron chi connectivity index (χ2n) is 5.71. The molecule has 4 nitrogen and oxygen atoms in total. The highest BCUT2D eigenvalue weighted by atomic mass is 35.5. The van der Waals surface area contributed by atoms with Gasteiger partial charge in [0.15, 0.2) is 5.13 Å². The lowest BCUT2D eigenvalue weighted by atomic mass is 10.2. The number of anilines is 2. The van der Waals surface area contributed by atoms with Crippen molar-refractivity contribution in [2.45, 2.75) is 6.54 Å². The molecular weight excluding hydrogens is 385 g/mol. The molecule has 4 aromatic rings. The number of thiazole rings is 1. The van der Waals surface area contributed by atoms with Crippen LogP contribution in [0.3, 0.4) is 0 Å². The molecule has 0 saturated carbocycles. The van der Waals surface area contributed by atoms with Gasteiger partial charge in [-0.2, -0.15) is 0 Å². The van der Waals surface area contributed by atoms with Crippen molar-refractivity contribution in [3.63, 3.8) is 0 Å². The number of fused-ring (bicyclic) bond motifs is 1. The van der Waals surface area contributed by atoms with Crippen LogP contribution in [0.5, 0.6) is 5.75 Å². The lowest BCUT2D eigenvalue weighted by Gasteiger charge is -2.22. The first kappa shape index (κ1) is 19.1. The van der Waals surface area contributed by atoms with E-state index < -0.39 is 0 Å². The van der Waals surface area contributed by atoms with Crippen molar-refractivity contribution in [2.75, 3.05) is 12.0 Å². The van der Waals surface area contributed by atoms with E-state index in [1.54, 1.807) is 25.4 Å². The van der Waals surface area contributed by atoms with Crippen LogP contribution in [0.1, 0.15) is 5.56 Å². The van der Waals surface area contributed by atoms with Gasteiger partial charge in [-0.15, -0.1) is 12.4 Å². The molecule has 7 heteroatoms. The van der Waals surface area contributed by atoms with Crippen molar-refractivity contribution in [1.29, 1.82) is 0 Å². The Morgan fingerprint density at radius 3 is 2.70 bits per heavy atom. The summed E-state index contributed by atoms with van der Waals surface area (Å²) in [7, 11) is 1.63. The SMILES string of the molecule is COc1cccc(CN(c2nc3cccnc3s2)c2ccccc2F)c1.Cl. The van der Waals surface area contributed by atoms with Gasteiger partial charge in [0, 0.05) is 6.20 Å². The molecule has 0 saturated heterocycles. The van der Waals surface area contributed by atoms with Gasteiger partial charge in [0.25, 0.3) is 0 Å². The second kappa shape index (κ2) is 8.33. The van der Waals surface area contributed by atoms with E-state index in [1.807, 2.05) is 47.4 Å². The van der Waals surface area contributed by atoms with Crippen LogP contribution in [-0.4, -0.2) is 17.1 Å². The van der Waals surface area contributed by atoms with E-state index in [4.69, 9.17) is 4.74 Å². The maximum absolute atomic E-state index is 14.5. The van der Waals surface area contributed by atoms with Gasteiger partial charge >= 0.3 is 0 Å². The summed E-state index contributed by atoms with van der Waals surface area (Å²) in [5, 5.41) is 0.701. The van der Waals surface area contributed by atoms with Gasteiger partial charge in [0.2, 0.25) is 0 Å². The number of para-hydroxylation sites is 1. The molecule has 2 aromatic heterocycles. The maximum Gasteiger partial charge on any atom is 0.192 e. The average Bonchev–Trinajstić information content (AvgIpc) is 3.11. The van der Waals surface area contributed by atoms with E-state index >= 15 is 0 Å². The lowest BCUT2D eigenvalue weighted by Crippen LogP contribution is -2.17. The summed E-state index contributed by atoms with van der Waals surface area (Å²) >= 11 is 1.44. The summed E-state index contributed by atoms with van der Waals surface area (Å²) in [6.07, 6.45) is 1.74. The third-order valence-corrected chi connectivity index (χ3v) is 5.01. The molecule has 0 aliphatic carbocycles. The minimum atomic E-state index is -0.289. The Bertz CT molecular complexity index is 1020. The molecule has 2 heterocycles. The van der Waals surface area contributed by atoms with E-state index in [-0.39, 0.29) is 18.2 Å². The Kier molecular flexibility index (Phi) is 5.88. The zero-order valence-electron chi connectivity index (χ0n) is 14.5. The molecule has 0 fully saturated rings. The number of hydrogen-bond acceptors (Lipinski definition) is 5. The Morgan fingerprint density at radius 2 is 1.93 bits per heavy atom. The highest BCUT2D eigenvalue weighted by Gasteiger charge is 2.18. The van der Waals surface area contributed by atoms with Crippen LogP contribution in [0.25, 0.3) is 10.3 Å². The molecule has 0 aliphatic heterocycles. The van der Waals surface area contributed by atoms with Crippen molar-refractivity contribution in [1.82, 2.24) is 9.97 Å². The molecule has 0 radical (unpaired) electrons. The van der Waals surface area contributed by atoms with E-state index in [1.165, 1.54) is 17.4 Å². The number of benzene rings is 2. The fourth-order valence-electron chi connectivity index (χ4n) is 2.75. The molecule has 0 bridgehead atoms. The van der Waals surface area contributed by atoms with Crippen molar-refractivity contribution >= 4 is 44.9 Å². The highest BCUT2D eigenvalue weighted by molar-refractivity contribution is 7.21. The van der Waals surface area contributed by atoms with Crippen molar-refractivity contribution in [3.8, 4) is 5.75 Å². The average molecular weight is 402 g/mol. The van der Waals surface area contributed by atoms with Crippen LogP contribution in [0.2, 0.25) is 0 Å². The van der Waals surface area contributed by atoms with Crippen LogP contribution in [0.15, 0.2) is 66.9 Å². The minimum Gasteiger partial charge on any atom is -0.497 e. The molecule has 0 aliphatic rings. The quantitative estimate of drug-likeness (QED) is 0.436. The van der Waals surface area contributed by atoms with Crippen molar-refractivity contribution < 1.29 is 9.13 Å². The van der Waals surface area contributed by atoms with Crippen LogP contribution < -0.4 is 9.64 Å². The van der Waals surface area contributed by atoms with Gasteiger partial charge in [-0.05, 0) is 42.0 Å². The van der Waals surface area contributed by atoms with E-state index in [0.717, 1.165) is 21.7 Å². The Labute approximate surface area is 166 Å². The summed E-state index contributed by atoms with van der Waals surface area (Å²) in [5.41, 5.74) is 2.29. The van der Waals surface area contributed by atoms with Gasteiger partial charge in [0.05, 0.1) is 19.3 Å². The third kappa shape index (κ3) is 4.02. The summed E-state index contributed by atoms with van der Waals surface area (Å²) in [6.45, 7) is 0.470. The molecular formula is C20H17ClFN3OS. The number of nitrogens with zero attached hydrogens (tertiary/aromatic N) is 3. The fraction of sp³-hybridized carbons (Fsp3) is 0.100. The predicted molar refractivity (Wildman–Crippen MR) is 110 cm³/mol. The van der Waals surface area contributed by atoms with E-state index in [0.29, 0.717) is 17.4 Å². The topological polar surface area (TPSA) is 38.2 Å². The second-order valence-corrected chi connectivity index (χ2v) is 6.67. The summed E-state index contributed by atoms with van der Waals surface area (Å²) in [5.74, 6) is 0.476. The molecule has 138 valence electrons. The van der Waals surface area contributed by atoms with E-state index in [2.05, 4.69) is 9.97 Å². The number of rotatable bonds is 5. The van der Waals surface area contributed by atoms with Crippen LogP contribution in [0.4, 0.5) is 15.2 Å². The lowest BCUT2D eigenvalue weighted by molar-refractivity contribution is 0.414. The Balaban J connectivity index is 0.00000210. The molecule has 0 N–H and O–H groups in total. The number of methoxy groups -OCH3 is 1. The van der Waals surface area contributed by atoms with Crippen LogP contribution >= 0.6 is 23.7 Å². The summed E-state index contributed by atoms with van der Waals surface area (Å²) < 4.78 is 19.8. The number of pyridine rings is 1. The predicted octanol–water partition coefficient (Wildman–Crippen LogP) is 5.60. The largest absolute Gasteiger partial charge is 0.497 e. The van der Waals surface area contributed by atoms with Gasteiger partial charge in [-0.25, -0.2) is 14.4 Å². The van der Waals surface area contributed by atoms with Crippen LogP contribution in [-0.2, 0) is 6.54 Å². The smallest absolute Gasteiger partial charge is 0.192 e. The summed E-state index contributed by atoms with van der Waals surface area (Å²) in [4.78, 5) is 11.7. The van der Waals surface area contributed by atoms with Crippen LogP contribution in [0, 0.1) is 5.82 Å². The Morgan fingerprint density at radius 1 is 1.07 bits per heavy atom. The molecule has 4 rings (SSSR count). The molecule has 2 aromatic carbocycles. The fourth-order valence-corrected chi connectivity index (χ4v) is 3.68. The first-order valence-electron chi connectivity index (χ1n) is 8.11. The highest BCUT2D eigenvalue weighted by Crippen LogP contribution is 2.35. The standard InChI is InChI=1S/C20H16FN3OS.ClH/c1-25-15-7-4-6-14(12-15)13-24(18-10-3-2-8-16(18)21)20-23-17-9-5-11-22-19(17)26-20;/h2-12H,13H2,1H3;1H. The Hall–Kier alpha value is -2.70. The number of halogens is 2. The van der Waals surface area contributed by atoms with Crippen molar-refractivity contribution in [3.05, 3.63) is 78.2 Å². The van der Waals surface area contributed by atoms with E-state index in [9.17, 15) is 4.39 Å². The van der Waals surface area contributed by atoms with Gasteiger partial charge < -0.3 is 9.64 Å². The molecule has 0 atom stereocenters. The monoisotopic (exact) mass is 401 g/mol. The first-order chi connectivity index (χ1) is 12.7. The third-order valence-electron chi connectivity index (χ3n) is 4.00.